The third kappa shape index (κ3) is 3.77. The number of hydrogen-bond donors (Lipinski definition) is 1. The summed E-state index contributed by atoms with van der Waals surface area (Å²) in [7, 11) is 0. The van der Waals surface area contributed by atoms with E-state index in [4.69, 9.17) is 4.74 Å². The van der Waals surface area contributed by atoms with Crippen molar-refractivity contribution in [2.45, 2.75) is 26.8 Å². The maximum atomic E-state index is 5.47. The first-order chi connectivity index (χ1) is 9.70. The summed E-state index contributed by atoms with van der Waals surface area (Å²) in [5.74, 6) is 1.43. The predicted molar refractivity (Wildman–Crippen MR) is 85.3 cm³/mol. The zero-order chi connectivity index (χ0) is 14.4. The van der Waals surface area contributed by atoms with Gasteiger partial charge in [-0.2, -0.15) is 0 Å². The Morgan fingerprint density at radius 3 is 2.15 bits per heavy atom. The summed E-state index contributed by atoms with van der Waals surface area (Å²) in [4.78, 5) is 0. The number of rotatable bonds is 6. The molecular weight excluding hydrogens is 246 g/mol. The van der Waals surface area contributed by atoms with Gasteiger partial charge in [-0.25, -0.2) is 0 Å². The van der Waals surface area contributed by atoms with Gasteiger partial charge >= 0.3 is 0 Å². The van der Waals surface area contributed by atoms with Crippen LogP contribution in [0.25, 0.3) is 0 Å². The molecule has 0 aromatic heterocycles. The van der Waals surface area contributed by atoms with Crippen molar-refractivity contribution in [1.29, 1.82) is 0 Å². The number of ether oxygens (including phenoxy) is 1. The molecule has 1 N–H and O–H groups in total. The first-order valence-corrected chi connectivity index (χ1v) is 7.25. The molecule has 0 bridgehead atoms. The van der Waals surface area contributed by atoms with Gasteiger partial charge in [0, 0.05) is 5.69 Å². The molecule has 1 atom stereocenters. The third-order valence-electron chi connectivity index (χ3n) is 3.31. The fraction of sp³-hybridized carbons (Fsp3) is 0.333. The average Bonchev–Trinajstić information content (AvgIpc) is 2.47. The van der Waals surface area contributed by atoms with Crippen LogP contribution in [-0.2, 0) is 0 Å². The van der Waals surface area contributed by atoms with E-state index in [1.165, 1.54) is 5.56 Å². The zero-order valence-electron chi connectivity index (χ0n) is 12.5. The Labute approximate surface area is 121 Å². The summed E-state index contributed by atoms with van der Waals surface area (Å²) >= 11 is 0. The number of nitrogens with one attached hydrogen (secondary N) is 1. The molecule has 2 rings (SSSR count). The molecule has 0 saturated carbocycles. The van der Waals surface area contributed by atoms with Crippen LogP contribution < -0.4 is 10.1 Å². The Balaban J connectivity index is 2.12. The molecule has 20 heavy (non-hydrogen) atoms. The maximum absolute atomic E-state index is 5.47. The standard InChI is InChI=1S/C18H23NO/c1-4-20-17-12-10-16(11-13-17)19-18(14(2)3)15-8-6-5-7-9-15/h5-14,18-19H,4H2,1-3H3. The second-order valence-corrected chi connectivity index (χ2v) is 5.23. The highest BCUT2D eigenvalue weighted by atomic mass is 16.5. The van der Waals surface area contributed by atoms with Crippen LogP contribution >= 0.6 is 0 Å². The number of anilines is 1. The predicted octanol–water partition coefficient (Wildman–Crippen LogP) is 4.89. The van der Waals surface area contributed by atoms with E-state index in [0.29, 0.717) is 18.6 Å². The van der Waals surface area contributed by atoms with E-state index in [0.717, 1.165) is 11.4 Å². The van der Waals surface area contributed by atoms with E-state index in [9.17, 15) is 0 Å². The Morgan fingerprint density at radius 1 is 0.950 bits per heavy atom. The van der Waals surface area contributed by atoms with Gasteiger partial charge in [-0.15, -0.1) is 0 Å². The van der Waals surface area contributed by atoms with Crippen molar-refractivity contribution in [2.24, 2.45) is 5.92 Å². The highest BCUT2D eigenvalue weighted by Gasteiger charge is 2.15. The number of hydrogen-bond acceptors (Lipinski definition) is 2. The van der Waals surface area contributed by atoms with Crippen molar-refractivity contribution in [3.63, 3.8) is 0 Å². The van der Waals surface area contributed by atoms with E-state index in [-0.39, 0.29) is 0 Å². The normalized spacial score (nSPS) is 12.2. The van der Waals surface area contributed by atoms with E-state index in [1.54, 1.807) is 0 Å². The van der Waals surface area contributed by atoms with Gasteiger partial charge in [-0.1, -0.05) is 44.2 Å². The Kier molecular flexibility index (Phi) is 5.05. The lowest BCUT2D eigenvalue weighted by Crippen LogP contribution is -2.16. The van der Waals surface area contributed by atoms with Gasteiger partial charge in [0.05, 0.1) is 12.6 Å². The maximum Gasteiger partial charge on any atom is 0.119 e. The van der Waals surface area contributed by atoms with Crippen molar-refractivity contribution in [3.05, 3.63) is 60.2 Å². The minimum Gasteiger partial charge on any atom is -0.494 e. The monoisotopic (exact) mass is 269 g/mol. The molecule has 106 valence electrons. The van der Waals surface area contributed by atoms with Crippen molar-refractivity contribution in [2.75, 3.05) is 11.9 Å². The van der Waals surface area contributed by atoms with Gasteiger partial charge in [0.25, 0.3) is 0 Å². The SMILES string of the molecule is CCOc1ccc(NC(c2ccccc2)C(C)C)cc1. The van der Waals surface area contributed by atoms with Crippen molar-refractivity contribution >= 4 is 5.69 Å². The molecular formula is C18H23NO. The lowest BCUT2D eigenvalue weighted by Gasteiger charge is -2.24. The second-order valence-electron chi connectivity index (χ2n) is 5.23. The lowest BCUT2D eigenvalue weighted by atomic mass is 9.96. The summed E-state index contributed by atoms with van der Waals surface area (Å²) in [5.41, 5.74) is 2.44. The third-order valence-corrected chi connectivity index (χ3v) is 3.31. The fourth-order valence-electron chi connectivity index (χ4n) is 2.29. The molecule has 2 aromatic rings. The van der Waals surface area contributed by atoms with Gasteiger partial charge in [-0.05, 0) is 42.7 Å². The van der Waals surface area contributed by atoms with Crippen LogP contribution in [0.15, 0.2) is 54.6 Å². The van der Waals surface area contributed by atoms with Crippen LogP contribution in [0, 0.1) is 5.92 Å². The van der Waals surface area contributed by atoms with Crippen LogP contribution in [-0.4, -0.2) is 6.61 Å². The van der Waals surface area contributed by atoms with Gasteiger partial charge in [0.15, 0.2) is 0 Å². The molecule has 0 amide bonds. The molecule has 1 unspecified atom stereocenters. The summed E-state index contributed by atoms with van der Waals surface area (Å²) in [6.45, 7) is 7.17. The first kappa shape index (κ1) is 14.4. The molecule has 0 radical (unpaired) electrons. The van der Waals surface area contributed by atoms with Crippen LogP contribution in [0.1, 0.15) is 32.4 Å². The second kappa shape index (κ2) is 6.99. The minimum absolute atomic E-state index is 0.314. The molecule has 0 aliphatic carbocycles. The Hall–Kier alpha value is -1.96. The largest absolute Gasteiger partial charge is 0.494 e. The molecule has 0 aliphatic heterocycles. The smallest absolute Gasteiger partial charge is 0.119 e. The summed E-state index contributed by atoms with van der Waals surface area (Å²) in [6.07, 6.45) is 0. The summed E-state index contributed by atoms with van der Waals surface area (Å²) in [5, 5.41) is 3.61. The quantitative estimate of drug-likeness (QED) is 0.805. The molecule has 2 nitrogen and oxygen atoms in total. The van der Waals surface area contributed by atoms with Crippen LogP contribution in [0.5, 0.6) is 5.75 Å². The number of benzene rings is 2. The molecule has 2 heteroatoms. The lowest BCUT2D eigenvalue weighted by molar-refractivity contribution is 0.340. The topological polar surface area (TPSA) is 21.3 Å². The van der Waals surface area contributed by atoms with E-state index in [2.05, 4.69) is 61.6 Å². The van der Waals surface area contributed by atoms with Crippen molar-refractivity contribution < 1.29 is 4.74 Å². The van der Waals surface area contributed by atoms with Gasteiger partial charge < -0.3 is 10.1 Å². The highest BCUT2D eigenvalue weighted by Crippen LogP contribution is 2.27. The van der Waals surface area contributed by atoms with E-state index >= 15 is 0 Å². The highest BCUT2D eigenvalue weighted by molar-refractivity contribution is 5.48. The Morgan fingerprint density at radius 2 is 1.60 bits per heavy atom. The molecule has 0 aliphatic rings. The van der Waals surface area contributed by atoms with Crippen LogP contribution in [0.2, 0.25) is 0 Å². The minimum atomic E-state index is 0.314. The molecule has 0 heterocycles. The first-order valence-electron chi connectivity index (χ1n) is 7.25. The van der Waals surface area contributed by atoms with Crippen LogP contribution in [0.3, 0.4) is 0 Å². The van der Waals surface area contributed by atoms with E-state index < -0.39 is 0 Å². The van der Waals surface area contributed by atoms with Gasteiger partial charge in [0.1, 0.15) is 5.75 Å². The Bertz CT molecular complexity index is 505. The summed E-state index contributed by atoms with van der Waals surface area (Å²) < 4.78 is 5.47. The fourth-order valence-corrected chi connectivity index (χ4v) is 2.29. The average molecular weight is 269 g/mol. The molecule has 2 aromatic carbocycles. The van der Waals surface area contributed by atoms with Crippen molar-refractivity contribution in [1.82, 2.24) is 0 Å². The van der Waals surface area contributed by atoms with Gasteiger partial charge in [0.2, 0.25) is 0 Å². The molecule has 0 spiro atoms. The molecule has 0 fully saturated rings. The van der Waals surface area contributed by atoms with Gasteiger partial charge in [-0.3, -0.25) is 0 Å². The van der Waals surface area contributed by atoms with E-state index in [1.807, 2.05) is 19.1 Å². The van der Waals surface area contributed by atoms with Crippen LogP contribution in [0.4, 0.5) is 5.69 Å². The van der Waals surface area contributed by atoms with Crippen molar-refractivity contribution in [3.8, 4) is 5.75 Å². The zero-order valence-corrected chi connectivity index (χ0v) is 12.5. The molecule has 0 saturated heterocycles. The summed E-state index contributed by atoms with van der Waals surface area (Å²) in [6, 6.07) is 19.1.